The van der Waals surface area contributed by atoms with Crippen molar-refractivity contribution in [2.45, 2.75) is 36.7 Å². The number of phenolic OH excluding ortho intramolecular Hbond substituents is 1. The van der Waals surface area contributed by atoms with Crippen molar-refractivity contribution < 1.29 is 29.6 Å². The van der Waals surface area contributed by atoms with E-state index in [0.29, 0.717) is 5.56 Å². The van der Waals surface area contributed by atoms with Gasteiger partial charge in [-0.2, -0.15) is 0 Å². The van der Waals surface area contributed by atoms with E-state index in [1.807, 2.05) is 0 Å². The van der Waals surface area contributed by atoms with Gasteiger partial charge in [-0.15, -0.1) is 0 Å². The smallest absolute Gasteiger partial charge is 0.255 e. The van der Waals surface area contributed by atoms with Gasteiger partial charge in [0, 0.05) is 5.92 Å². The molecule has 7 heteroatoms. The standard InChI is InChI=1S/C13H14FNO5/c14-6-2-1-4-5-3-7(16)11(18)12(19)9(5)15-13(20)8(4)10(6)17/h1-2,5,7,9,11-12,16-19H,3H2,(H,15,20)/t5-,7+,9-,11-,12+/m1/s1. The maximum atomic E-state index is 13.4. The van der Waals surface area contributed by atoms with E-state index in [-0.39, 0.29) is 12.0 Å². The second-order valence-electron chi connectivity index (χ2n) is 5.25. The summed E-state index contributed by atoms with van der Waals surface area (Å²) in [4.78, 5) is 12.0. The molecule has 2 aliphatic rings. The number of hydrogen-bond acceptors (Lipinski definition) is 5. The number of benzene rings is 1. The predicted octanol–water partition coefficient (Wildman–Crippen LogP) is -0.787. The molecule has 1 aromatic carbocycles. The fraction of sp³-hybridized carbons (Fsp3) is 0.462. The SMILES string of the molecule is O=C1N[C@H]2[C@H](O)[C@H](O)[C@@H](O)C[C@@H]2c2ccc(F)c(O)c21. The Morgan fingerprint density at radius 3 is 2.60 bits per heavy atom. The highest BCUT2D eigenvalue weighted by atomic mass is 19.1. The third kappa shape index (κ3) is 1.71. The van der Waals surface area contributed by atoms with E-state index in [1.165, 1.54) is 6.07 Å². The molecule has 0 radical (unpaired) electrons. The molecule has 1 aliphatic carbocycles. The van der Waals surface area contributed by atoms with E-state index in [1.54, 1.807) is 0 Å². The zero-order valence-electron chi connectivity index (χ0n) is 10.3. The molecule has 1 aliphatic heterocycles. The Balaban J connectivity index is 2.11. The van der Waals surface area contributed by atoms with E-state index in [2.05, 4.69) is 5.32 Å². The molecule has 0 saturated heterocycles. The summed E-state index contributed by atoms with van der Waals surface area (Å²) in [6.07, 6.45) is -3.73. The molecule has 1 fully saturated rings. The number of carbonyl (C=O) groups is 1. The van der Waals surface area contributed by atoms with Gasteiger partial charge in [0.15, 0.2) is 11.6 Å². The third-order valence-corrected chi connectivity index (χ3v) is 4.13. The minimum absolute atomic E-state index is 0.0985. The molecular weight excluding hydrogens is 269 g/mol. The van der Waals surface area contributed by atoms with Gasteiger partial charge in [-0.25, -0.2) is 4.39 Å². The number of hydrogen-bond donors (Lipinski definition) is 5. The monoisotopic (exact) mass is 283 g/mol. The van der Waals surface area contributed by atoms with Crippen molar-refractivity contribution in [3.05, 3.63) is 29.1 Å². The summed E-state index contributed by atoms with van der Waals surface area (Å²) in [7, 11) is 0. The highest BCUT2D eigenvalue weighted by molar-refractivity contribution is 6.00. The molecule has 20 heavy (non-hydrogen) atoms. The number of aliphatic hydroxyl groups excluding tert-OH is 3. The highest BCUT2D eigenvalue weighted by Gasteiger charge is 2.48. The van der Waals surface area contributed by atoms with Gasteiger partial charge in [0.25, 0.3) is 5.91 Å². The summed E-state index contributed by atoms with van der Waals surface area (Å²) in [6, 6.07) is 1.62. The minimum atomic E-state index is -1.35. The Kier molecular flexibility index (Phi) is 2.93. The normalized spacial score (nSPS) is 36.0. The Morgan fingerprint density at radius 1 is 1.20 bits per heavy atom. The van der Waals surface area contributed by atoms with Gasteiger partial charge in [-0.3, -0.25) is 4.79 Å². The number of halogens is 1. The lowest BCUT2D eigenvalue weighted by Crippen LogP contribution is -2.61. The van der Waals surface area contributed by atoms with Gasteiger partial charge >= 0.3 is 0 Å². The lowest BCUT2D eigenvalue weighted by molar-refractivity contribution is -0.104. The molecule has 1 amide bonds. The van der Waals surface area contributed by atoms with Crippen LogP contribution in [0.1, 0.15) is 28.3 Å². The van der Waals surface area contributed by atoms with Crippen LogP contribution >= 0.6 is 0 Å². The van der Waals surface area contributed by atoms with Crippen LogP contribution in [0.4, 0.5) is 4.39 Å². The molecule has 0 unspecified atom stereocenters. The highest BCUT2D eigenvalue weighted by Crippen LogP contribution is 2.41. The molecule has 3 rings (SSSR count). The van der Waals surface area contributed by atoms with Crippen molar-refractivity contribution in [3.8, 4) is 5.75 Å². The topological polar surface area (TPSA) is 110 Å². The van der Waals surface area contributed by atoms with Crippen LogP contribution < -0.4 is 5.32 Å². The lowest BCUT2D eigenvalue weighted by atomic mass is 9.72. The molecule has 0 aromatic heterocycles. The third-order valence-electron chi connectivity index (χ3n) is 4.13. The van der Waals surface area contributed by atoms with Gasteiger partial charge in [0.2, 0.25) is 0 Å². The van der Waals surface area contributed by atoms with Crippen molar-refractivity contribution >= 4 is 5.91 Å². The van der Waals surface area contributed by atoms with Crippen LogP contribution in [0.5, 0.6) is 5.75 Å². The van der Waals surface area contributed by atoms with Crippen molar-refractivity contribution in [2.75, 3.05) is 0 Å². The fourth-order valence-corrected chi connectivity index (χ4v) is 3.08. The molecule has 0 spiro atoms. The summed E-state index contributed by atoms with van der Waals surface area (Å²) < 4.78 is 13.4. The number of amides is 1. The van der Waals surface area contributed by atoms with Gasteiger partial charge in [0.05, 0.1) is 17.7 Å². The zero-order valence-corrected chi connectivity index (χ0v) is 10.3. The van der Waals surface area contributed by atoms with Crippen LogP contribution in [0, 0.1) is 5.82 Å². The number of nitrogens with one attached hydrogen (secondary N) is 1. The van der Waals surface area contributed by atoms with Crippen LogP contribution in [0.25, 0.3) is 0 Å². The Hall–Kier alpha value is -1.70. The van der Waals surface area contributed by atoms with Crippen molar-refractivity contribution in [1.29, 1.82) is 0 Å². The van der Waals surface area contributed by atoms with Gasteiger partial charge in [-0.05, 0) is 18.1 Å². The second-order valence-corrected chi connectivity index (χ2v) is 5.25. The summed E-state index contributed by atoms with van der Waals surface area (Å²) >= 11 is 0. The number of rotatable bonds is 0. The van der Waals surface area contributed by atoms with Crippen LogP contribution in [0.15, 0.2) is 12.1 Å². The minimum Gasteiger partial charge on any atom is -0.504 e. The molecule has 108 valence electrons. The van der Waals surface area contributed by atoms with E-state index < -0.39 is 47.7 Å². The fourth-order valence-electron chi connectivity index (χ4n) is 3.08. The molecule has 0 bridgehead atoms. The quantitative estimate of drug-likeness (QED) is 0.429. The first-order valence-electron chi connectivity index (χ1n) is 6.28. The summed E-state index contributed by atoms with van der Waals surface area (Å²) in [5.41, 5.74) is 0.185. The molecule has 5 atom stereocenters. The van der Waals surface area contributed by atoms with Gasteiger partial charge < -0.3 is 25.7 Å². The molecule has 1 saturated carbocycles. The predicted molar refractivity (Wildman–Crippen MR) is 64.7 cm³/mol. The van der Waals surface area contributed by atoms with Crippen molar-refractivity contribution in [1.82, 2.24) is 5.32 Å². The van der Waals surface area contributed by atoms with Crippen LogP contribution in [0.2, 0.25) is 0 Å². The number of carbonyl (C=O) groups excluding carboxylic acids is 1. The molecule has 1 aromatic rings. The average Bonchev–Trinajstić information content (AvgIpc) is 2.41. The summed E-state index contributed by atoms with van der Waals surface area (Å²) in [5.74, 6) is -2.86. The summed E-state index contributed by atoms with van der Waals surface area (Å²) in [6.45, 7) is 0. The van der Waals surface area contributed by atoms with Gasteiger partial charge in [-0.1, -0.05) is 6.07 Å². The maximum absolute atomic E-state index is 13.4. The Labute approximate surface area is 113 Å². The van der Waals surface area contributed by atoms with Crippen LogP contribution in [-0.2, 0) is 0 Å². The van der Waals surface area contributed by atoms with Crippen molar-refractivity contribution in [2.24, 2.45) is 0 Å². The summed E-state index contributed by atoms with van der Waals surface area (Å²) in [5, 5.41) is 41.5. The average molecular weight is 283 g/mol. The number of aliphatic hydroxyl groups is 3. The largest absolute Gasteiger partial charge is 0.504 e. The van der Waals surface area contributed by atoms with Crippen LogP contribution in [-0.4, -0.2) is 50.7 Å². The van der Waals surface area contributed by atoms with E-state index in [0.717, 1.165) is 6.07 Å². The van der Waals surface area contributed by atoms with E-state index in [9.17, 15) is 29.6 Å². The first-order chi connectivity index (χ1) is 9.41. The maximum Gasteiger partial charge on any atom is 0.255 e. The molecule has 1 heterocycles. The van der Waals surface area contributed by atoms with E-state index >= 15 is 0 Å². The molecule has 6 nitrogen and oxygen atoms in total. The van der Waals surface area contributed by atoms with Gasteiger partial charge in [0.1, 0.15) is 12.2 Å². The first kappa shape index (κ1) is 13.3. The Morgan fingerprint density at radius 2 is 1.90 bits per heavy atom. The first-order valence-corrected chi connectivity index (χ1v) is 6.28. The number of aromatic hydroxyl groups is 1. The Bertz CT molecular complexity index is 578. The second kappa shape index (κ2) is 4.41. The number of phenols is 1. The van der Waals surface area contributed by atoms with Crippen LogP contribution in [0.3, 0.4) is 0 Å². The number of fused-ring (bicyclic) bond motifs is 3. The van der Waals surface area contributed by atoms with E-state index in [4.69, 9.17) is 0 Å². The lowest BCUT2D eigenvalue weighted by Gasteiger charge is -2.44. The molecule has 5 N–H and O–H groups in total. The molecular formula is C13H14FNO5. The zero-order chi connectivity index (χ0) is 14.6. The van der Waals surface area contributed by atoms with Crippen molar-refractivity contribution in [3.63, 3.8) is 0 Å².